The predicted molar refractivity (Wildman–Crippen MR) is 252 cm³/mol. The summed E-state index contributed by atoms with van der Waals surface area (Å²) in [4.78, 5) is 6.34. The molecule has 0 saturated carbocycles. The lowest BCUT2D eigenvalue weighted by molar-refractivity contribution is 0.673. The predicted octanol–water partition coefficient (Wildman–Crippen LogP) is 14.6. The van der Waals surface area contributed by atoms with Gasteiger partial charge in [0.25, 0.3) is 0 Å². The molecule has 1 atom stereocenters. The van der Waals surface area contributed by atoms with E-state index in [9.17, 15) is 0 Å². The van der Waals surface area contributed by atoms with Crippen LogP contribution in [0.15, 0.2) is 229 Å². The van der Waals surface area contributed by atoms with Gasteiger partial charge in [-0.05, 0) is 63.1 Å². The van der Waals surface area contributed by atoms with Crippen LogP contribution in [0.25, 0.3) is 66.3 Å². The first kappa shape index (κ1) is 35.6. The maximum Gasteiger partial charge on any atom is 0.140 e. The summed E-state index contributed by atoms with van der Waals surface area (Å²) < 4.78 is 2.51. The average molecular weight is 767 g/mol. The monoisotopic (exact) mass is 766 g/mol. The van der Waals surface area contributed by atoms with E-state index in [1.807, 2.05) is 0 Å². The fourth-order valence-corrected chi connectivity index (χ4v) is 9.97. The van der Waals surface area contributed by atoms with Crippen LogP contribution in [-0.2, 0) is 12.1 Å². The Bertz CT molecular complexity index is 3190. The summed E-state index contributed by atoms with van der Waals surface area (Å²) >= 11 is 0. The minimum absolute atomic E-state index is 0.816. The molecule has 1 aliphatic heterocycles. The van der Waals surface area contributed by atoms with E-state index in [0.717, 1.165) is 51.2 Å². The first-order chi connectivity index (χ1) is 29.8. The molecule has 2 heterocycles. The van der Waals surface area contributed by atoms with Crippen molar-refractivity contribution in [1.29, 1.82) is 0 Å². The third kappa shape index (κ3) is 5.45. The van der Waals surface area contributed by atoms with Crippen LogP contribution in [0.5, 0.6) is 0 Å². The number of aryl methyl sites for hydroxylation is 1. The summed E-state index contributed by atoms with van der Waals surface area (Å²) in [5, 5.41) is 2.49. The smallest absolute Gasteiger partial charge is 0.140 e. The molecule has 60 heavy (non-hydrogen) atoms. The van der Waals surface area contributed by atoms with Crippen LogP contribution in [0.1, 0.15) is 34.7 Å². The Morgan fingerprint density at radius 1 is 0.383 bits per heavy atom. The van der Waals surface area contributed by atoms with Gasteiger partial charge in [0.2, 0.25) is 0 Å². The molecule has 10 aromatic rings. The van der Waals surface area contributed by atoms with E-state index in [0.29, 0.717) is 0 Å². The second kappa shape index (κ2) is 14.7. The molecule has 0 radical (unpaired) electrons. The van der Waals surface area contributed by atoms with Crippen molar-refractivity contribution in [3.8, 4) is 44.5 Å². The maximum absolute atomic E-state index is 6.34. The molecule has 2 nitrogen and oxygen atoms in total. The third-order valence-electron chi connectivity index (χ3n) is 12.4. The van der Waals surface area contributed by atoms with Crippen molar-refractivity contribution in [3.05, 3.63) is 252 Å². The highest BCUT2D eigenvalue weighted by Gasteiger charge is 2.49. The highest BCUT2D eigenvalue weighted by Crippen LogP contribution is 2.60. The second-order valence-electron chi connectivity index (χ2n) is 15.6. The molecule has 2 heteroatoms. The summed E-state index contributed by atoms with van der Waals surface area (Å²) in [6, 6.07) is 81.8. The fraction of sp³-hybridized carbons (Fsp3) is 0.0517. The molecule has 1 aliphatic rings. The molecule has 1 aromatic heterocycles. The normalized spacial score (nSPS) is 14.7. The number of hydrogen-bond acceptors (Lipinski definition) is 1. The Hall–Kier alpha value is -7.55. The maximum atomic E-state index is 6.34. The van der Waals surface area contributed by atoms with Crippen molar-refractivity contribution >= 4 is 27.5 Å². The van der Waals surface area contributed by atoms with Gasteiger partial charge >= 0.3 is 0 Å². The van der Waals surface area contributed by atoms with Crippen LogP contribution in [0.3, 0.4) is 0 Å². The van der Waals surface area contributed by atoms with Gasteiger partial charge in [-0.25, -0.2) is 0 Å². The molecule has 1 unspecified atom stereocenters. The van der Waals surface area contributed by atoms with Gasteiger partial charge in [-0.3, -0.25) is 4.99 Å². The Morgan fingerprint density at radius 2 is 0.800 bits per heavy atom. The molecule has 11 rings (SSSR count). The largest absolute Gasteiger partial charge is 0.340 e. The van der Waals surface area contributed by atoms with Crippen LogP contribution in [0.4, 0.5) is 0 Å². The minimum atomic E-state index is -0.976. The van der Waals surface area contributed by atoms with Gasteiger partial charge < -0.3 is 4.57 Å². The Labute approximate surface area is 351 Å². The summed E-state index contributed by atoms with van der Waals surface area (Å²) in [7, 11) is 0. The van der Waals surface area contributed by atoms with Gasteiger partial charge in [-0.15, -0.1) is 0 Å². The summed E-state index contributed by atoms with van der Waals surface area (Å²) in [5.74, 6) is 0. The molecule has 0 N–H and O–H groups in total. The van der Waals surface area contributed by atoms with Gasteiger partial charge in [-0.1, -0.05) is 218 Å². The molecular weight excluding hydrogens is 725 g/mol. The van der Waals surface area contributed by atoms with E-state index in [1.165, 1.54) is 55.2 Å². The number of rotatable bonds is 8. The second-order valence-corrected chi connectivity index (χ2v) is 15.6. The molecule has 0 spiro atoms. The quantitative estimate of drug-likeness (QED) is 0.147. The van der Waals surface area contributed by atoms with Gasteiger partial charge in [0, 0.05) is 45.1 Å². The topological polar surface area (TPSA) is 17.3 Å². The molecule has 9 aromatic carbocycles. The summed E-state index contributed by atoms with van der Waals surface area (Å²) in [6.07, 6.45) is 0. The van der Waals surface area contributed by atoms with Crippen molar-refractivity contribution in [2.75, 3.05) is 0 Å². The van der Waals surface area contributed by atoms with Crippen molar-refractivity contribution in [2.24, 2.45) is 4.99 Å². The van der Waals surface area contributed by atoms with E-state index < -0.39 is 5.54 Å². The Morgan fingerprint density at radius 3 is 1.33 bits per heavy atom. The van der Waals surface area contributed by atoms with Crippen LogP contribution < -0.4 is 0 Å². The highest BCUT2D eigenvalue weighted by molar-refractivity contribution is 6.25. The van der Waals surface area contributed by atoms with Crippen molar-refractivity contribution in [3.63, 3.8) is 0 Å². The van der Waals surface area contributed by atoms with Crippen molar-refractivity contribution in [1.82, 2.24) is 4.57 Å². The van der Waals surface area contributed by atoms with Crippen LogP contribution in [0, 0.1) is 0 Å². The van der Waals surface area contributed by atoms with Crippen molar-refractivity contribution < 1.29 is 0 Å². The van der Waals surface area contributed by atoms with E-state index in [2.05, 4.69) is 236 Å². The molecule has 0 aliphatic carbocycles. The van der Waals surface area contributed by atoms with Crippen LogP contribution in [-0.4, -0.2) is 10.3 Å². The van der Waals surface area contributed by atoms with Crippen molar-refractivity contribution in [2.45, 2.75) is 19.0 Å². The molecule has 0 fully saturated rings. The van der Waals surface area contributed by atoms with E-state index in [-0.39, 0.29) is 0 Å². The van der Waals surface area contributed by atoms with E-state index >= 15 is 0 Å². The number of para-hydroxylation sites is 2. The third-order valence-corrected chi connectivity index (χ3v) is 12.4. The van der Waals surface area contributed by atoms with Gasteiger partial charge in [0.05, 0.1) is 11.2 Å². The molecular formula is C58H42N2. The lowest BCUT2D eigenvalue weighted by atomic mass is 9.68. The van der Waals surface area contributed by atoms with E-state index in [1.54, 1.807) is 0 Å². The highest BCUT2D eigenvalue weighted by atomic mass is 15.0. The number of hydrogen-bond donors (Lipinski definition) is 0. The first-order valence-electron chi connectivity index (χ1n) is 21.0. The molecule has 0 amide bonds. The van der Waals surface area contributed by atoms with Gasteiger partial charge in [-0.2, -0.15) is 0 Å². The first-order valence-corrected chi connectivity index (χ1v) is 21.0. The SMILES string of the molecule is CCn1c2ccccc2c2cccc(C3(c4ccccc4)N=C(c4ccccc4)c4c(-c5ccccc5)c(-c5ccccc5)c(-c5ccccc5)c(-c5ccccc5)c43)c21. The van der Waals surface area contributed by atoms with Gasteiger partial charge in [0.15, 0.2) is 0 Å². The minimum Gasteiger partial charge on any atom is -0.340 e. The number of aliphatic imine (C=N–C) groups is 1. The lowest BCUT2D eigenvalue weighted by Gasteiger charge is -2.35. The number of nitrogens with zero attached hydrogens (tertiary/aromatic N) is 2. The Kier molecular flexibility index (Phi) is 8.71. The van der Waals surface area contributed by atoms with E-state index in [4.69, 9.17) is 4.99 Å². The molecule has 284 valence electrons. The summed E-state index contributed by atoms with van der Waals surface area (Å²) in [6.45, 7) is 3.08. The zero-order valence-corrected chi connectivity index (χ0v) is 33.5. The standard InChI is InChI=1S/C58H42N2/c1-2-60-49-39-22-21-36-46(49)47-37-23-38-48(57(47)60)58(45-34-19-8-20-35-45)55-53(43-30-15-6-16-31-43)51(41-26-11-4-12-27-41)50(40-24-9-3-10-25-40)52(42-28-13-5-14-29-42)54(55)56(59-58)44-32-17-7-18-33-44/h3-39H,2H2,1H3. The zero-order chi connectivity index (χ0) is 40.0. The van der Waals surface area contributed by atoms with Gasteiger partial charge in [0.1, 0.15) is 5.54 Å². The molecule has 0 saturated heterocycles. The van der Waals surface area contributed by atoms with Crippen LogP contribution >= 0.6 is 0 Å². The number of aromatic nitrogens is 1. The zero-order valence-electron chi connectivity index (χ0n) is 33.5. The summed E-state index contributed by atoms with van der Waals surface area (Å²) in [5.41, 5.74) is 17.5. The van der Waals surface area contributed by atoms with Crippen LogP contribution in [0.2, 0.25) is 0 Å². The Balaban J connectivity index is 1.47. The number of benzene rings is 9. The number of fused-ring (bicyclic) bond motifs is 4. The molecule has 0 bridgehead atoms. The average Bonchev–Trinajstić information content (AvgIpc) is 3.87. The lowest BCUT2D eigenvalue weighted by Crippen LogP contribution is -2.27. The fourth-order valence-electron chi connectivity index (χ4n) is 9.97.